The predicted octanol–water partition coefficient (Wildman–Crippen LogP) is 5.73. The summed E-state index contributed by atoms with van der Waals surface area (Å²) in [4.78, 5) is 10.9. The molecular formula is C25H36N4O3S. The minimum atomic E-state index is -0.839. The number of aliphatic carboxylic acids is 1. The van der Waals surface area contributed by atoms with Crippen molar-refractivity contribution in [2.45, 2.75) is 76.1 Å². The number of H-pyrrole nitrogens is 1. The van der Waals surface area contributed by atoms with E-state index in [4.69, 9.17) is 5.11 Å². The second kappa shape index (κ2) is 16.2. The summed E-state index contributed by atoms with van der Waals surface area (Å²) in [5.41, 5.74) is 1.48. The summed E-state index contributed by atoms with van der Waals surface area (Å²) in [5.74, 6) is 0.0459. The molecule has 0 aliphatic carbocycles. The number of aromatic amines is 1. The molecule has 0 spiro atoms. The molecule has 1 aromatic heterocycles. The summed E-state index contributed by atoms with van der Waals surface area (Å²) in [5, 5.41) is 33.7. The van der Waals surface area contributed by atoms with Gasteiger partial charge in [-0.25, -0.2) is 0 Å². The lowest BCUT2D eigenvalue weighted by Crippen LogP contribution is -2.14. The topological polar surface area (TPSA) is 112 Å². The van der Waals surface area contributed by atoms with E-state index in [1.807, 2.05) is 42.5 Å². The molecule has 1 aromatic carbocycles. The Bertz CT molecular complexity index is 855. The van der Waals surface area contributed by atoms with Crippen molar-refractivity contribution in [2.75, 3.05) is 5.75 Å². The number of unbranched alkanes of at least 4 members (excludes halogenated alkanes) is 7. The Morgan fingerprint density at radius 3 is 2.67 bits per heavy atom. The fourth-order valence-electron chi connectivity index (χ4n) is 3.44. The van der Waals surface area contributed by atoms with Crippen molar-refractivity contribution in [3.63, 3.8) is 0 Å². The van der Waals surface area contributed by atoms with Crippen LogP contribution < -0.4 is 0 Å². The van der Waals surface area contributed by atoms with Gasteiger partial charge in [0.1, 0.15) is 0 Å². The van der Waals surface area contributed by atoms with Gasteiger partial charge in [0.15, 0.2) is 0 Å². The number of thioether (sulfide) groups is 1. The second-order valence-electron chi connectivity index (χ2n) is 8.01. The summed E-state index contributed by atoms with van der Waals surface area (Å²) in [7, 11) is 0. The Hall–Kier alpha value is -2.45. The first-order valence-electron chi connectivity index (χ1n) is 11.8. The maximum Gasteiger partial charge on any atom is 0.304 e. The van der Waals surface area contributed by atoms with Gasteiger partial charge in [-0.15, -0.1) is 10.2 Å². The van der Waals surface area contributed by atoms with Crippen LogP contribution in [0.4, 0.5) is 0 Å². The Balaban J connectivity index is 1.91. The van der Waals surface area contributed by atoms with E-state index in [1.54, 1.807) is 0 Å². The molecule has 0 radical (unpaired) electrons. The van der Waals surface area contributed by atoms with Crippen molar-refractivity contribution >= 4 is 17.7 Å². The van der Waals surface area contributed by atoms with Crippen LogP contribution in [0.15, 0.2) is 48.6 Å². The molecule has 0 aliphatic rings. The molecule has 0 saturated heterocycles. The molecule has 0 aliphatic heterocycles. The summed E-state index contributed by atoms with van der Waals surface area (Å²) in [6.07, 6.45) is 17.4. The molecule has 33 heavy (non-hydrogen) atoms. The van der Waals surface area contributed by atoms with Gasteiger partial charge in [0, 0.05) is 11.3 Å². The van der Waals surface area contributed by atoms with E-state index in [0.29, 0.717) is 11.6 Å². The second-order valence-corrected chi connectivity index (χ2v) is 9.29. The highest BCUT2D eigenvalue weighted by Gasteiger charge is 2.20. The van der Waals surface area contributed by atoms with Crippen LogP contribution in [-0.4, -0.2) is 47.8 Å². The van der Waals surface area contributed by atoms with E-state index in [0.717, 1.165) is 17.5 Å². The number of carbonyl (C=O) groups is 1. The lowest BCUT2D eigenvalue weighted by atomic mass is 10.0. The zero-order valence-corrected chi connectivity index (χ0v) is 20.2. The number of nitrogens with zero attached hydrogens (tertiary/aromatic N) is 3. The van der Waals surface area contributed by atoms with Crippen LogP contribution in [0.5, 0.6) is 0 Å². The molecule has 8 heteroatoms. The first-order valence-corrected chi connectivity index (χ1v) is 12.8. The van der Waals surface area contributed by atoms with Crippen LogP contribution in [0, 0.1) is 0 Å². The van der Waals surface area contributed by atoms with Crippen molar-refractivity contribution < 1.29 is 15.0 Å². The van der Waals surface area contributed by atoms with E-state index >= 15 is 0 Å². The number of tetrazole rings is 1. The van der Waals surface area contributed by atoms with Crippen LogP contribution in [0.2, 0.25) is 0 Å². The lowest BCUT2D eigenvalue weighted by Gasteiger charge is -2.20. The number of carboxylic acid groups (broad SMARTS) is 1. The molecule has 0 saturated carbocycles. The SMILES string of the molecule is CCCCCCCCC/C=C\C=C\C(SCCC(=O)O)C(O)c1cccc(-c2nn[nH]n2)c1. The molecule has 2 atom stereocenters. The fraction of sp³-hybridized carbons (Fsp3) is 0.520. The number of aliphatic hydroxyl groups excluding tert-OH is 1. The number of nitrogens with one attached hydrogen (secondary N) is 1. The molecule has 3 N–H and O–H groups in total. The highest BCUT2D eigenvalue weighted by atomic mass is 32.2. The fourth-order valence-corrected chi connectivity index (χ4v) is 4.54. The van der Waals surface area contributed by atoms with E-state index in [9.17, 15) is 9.90 Å². The molecule has 180 valence electrons. The summed E-state index contributed by atoms with van der Waals surface area (Å²) < 4.78 is 0. The Morgan fingerprint density at radius 2 is 1.94 bits per heavy atom. The molecule has 0 bridgehead atoms. The van der Waals surface area contributed by atoms with Crippen LogP contribution in [-0.2, 0) is 4.79 Å². The van der Waals surface area contributed by atoms with Crippen molar-refractivity contribution in [3.05, 3.63) is 54.1 Å². The quantitative estimate of drug-likeness (QED) is 0.199. The van der Waals surface area contributed by atoms with E-state index < -0.39 is 12.1 Å². The Labute approximate surface area is 200 Å². The maximum atomic E-state index is 11.0. The Kier molecular flexibility index (Phi) is 13.2. The van der Waals surface area contributed by atoms with Crippen molar-refractivity contribution in [2.24, 2.45) is 0 Å². The van der Waals surface area contributed by atoms with Crippen molar-refractivity contribution in [1.29, 1.82) is 0 Å². The van der Waals surface area contributed by atoms with Gasteiger partial charge in [0.05, 0.1) is 17.8 Å². The average Bonchev–Trinajstić information content (AvgIpc) is 3.36. The van der Waals surface area contributed by atoms with Gasteiger partial charge in [0.25, 0.3) is 0 Å². The largest absolute Gasteiger partial charge is 0.481 e. The zero-order chi connectivity index (χ0) is 23.7. The number of carboxylic acids is 1. The lowest BCUT2D eigenvalue weighted by molar-refractivity contribution is -0.136. The predicted molar refractivity (Wildman–Crippen MR) is 134 cm³/mol. The van der Waals surface area contributed by atoms with Crippen LogP contribution in [0.3, 0.4) is 0 Å². The van der Waals surface area contributed by atoms with Crippen molar-refractivity contribution in [1.82, 2.24) is 20.6 Å². The minimum Gasteiger partial charge on any atom is -0.481 e. The van der Waals surface area contributed by atoms with Crippen LogP contribution >= 0.6 is 11.8 Å². The molecule has 7 nitrogen and oxygen atoms in total. The van der Waals surface area contributed by atoms with E-state index in [2.05, 4.69) is 33.6 Å². The zero-order valence-electron chi connectivity index (χ0n) is 19.4. The van der Waals surface area contributed by atoms with Gasteiger partial charge in [-0.2, -0.15) is 17.0 Å². The van der Waals surface area contributed by atoms with Gasteiger partial charge in [-0.3, -0.25) is 4.79 Å². The number of hydrogen-bond donors (Lipinski definition) is 3. The molecule has 2 rings (SSSR count). The monoisotopic (exact) mass is 472 g/mol. The average molecular weight is 473 g/mol. The number of hydrogen-bond acceptors (Lipinski definition) is 6. The first kappa shape index (κ1) is 26.8. The third kappa shape index (κ3) is 10.8. The molecule has 1 heterocycles. The summed E-state index contributed by atoms with van der Waals surface area (Å²) >= 11 is 1.44. The smallest absolute Gasteiger partial charge is 0.304 e. The number of aromatic nitrogens is 4. The Morgan fingerprint density at radius 1 is 1.15 bits per heavy atom. The summed E-state index contributed by atoms with van der Waals surface area (Å²) in [6.45, 7) is 2.24. The molecule has 0 fully saturated rings. The van der Waals surface area contributed by atoms with Gasteiger partial charge in [0.2, 0.25) is 5.82 Å². The van der Waals surface area contributed by atoms with E-state index in [-0.39, 0.29) is 11.7 Å². The minimum absolute atomic E-state index is 0.0543. The number of aliphatic hydroxyl groups is 1. The highest BCUT2D eigenvalue weighted by molar-refractivity contribution is 8.00. The molecule has 2 unspecified atom stereocenters. The number of benzene rings is 1. The van der Waals surface area contributed by atoms with Crippen LogP contribution in [0.1, 0.15) is 76.4 Å². The third-order valence-corrected chi connectivity index (χ3v) is 6.53. The highest BCUT2D eigenvalue weighted by Crippen LogP contribution is 2.30. The first-order chi connectivity index (χ1) is 16.1. The molecular weight excluding hydrogens is 436 g/mol. The van der Waals surface area contributed by atoms with E-state index in [1.165, 1.54) is 56.7 Å². The van der Waals surface area contributed by atoms with Gasteiger partial charge in [-0.1, -0.05) is 88.0 Å². The maximum absolute atomic E-state index is 11.0. The molecule has 2 aromatic rings. The normalized spacial score (nSPS) is 13.6. The van der Waals surface area contributed by atoms with Crippen molar-refractivity contribution in [3.8, 4) is 11.4 Å². The summed E-state index contributed by atoms with van der Waals surface area (Å²) in [6, 6.07) is 7.39. The van der Waals surface area contributed by atoms with Gasteiger partial charge < -0.3 is 10.2 Å². The molecule has 0 amide bonds. The standard InChI is InChI=1S/C25H36N4O3S/c1-2-3-4-5-6-7-8-9-10-11-12-16-22(33-18-17-23(30)31)24(32)20-14-13-15-21(19-20)25-26-28-29-27-25/h10-16,19,22,24,32H,2-9,17-18H2,1H3,(H,30,31)(H,26,27,28,29)/b11-10-,16-12+. The number of rotatable bonds is 17. The van der Waals surface area contributed by atoms with Gasteiger partial charge >= 0.3 is 5.97 Å². The van der Waals surface area contributed by atoms with Crippen LogP contribution in [0.25, 0.3) is 11.4 Å². The third-order valence-electron chi connectivity index (χ3n) is 5.29. The number of allylic oxidation sites excluding steroid dienone is 3. The van der Waals surface area contributed by atoms with Gasteiger partial charge in [-0.05, 0) is 29.7 Å².